The van der Waals surface area contributed by atoms with E-state index in [4.69, 9.17) is 0 Å². The van der Waals surface area contributed by atoms with Gasteiger partial charge in [-0.25, -0.2) is 0 Å². The molecule has 0 unspecified atom stereocenters. The fourth-order valence-electron chi connectivity index (χ4n) is 2.39. The summed E-state index contributed by atoms with van der Waals surface area (Å²) < 4.78 is 0. The first-order valence-electron chi connectivity index (χ1n) is 8.30. The van der Waals surface area contributed by atoms with Crippen molar-refractivity contribution in [2.75, 3.05) is 6.54 Å². The van der Waals surface area contributed by atoms with E-state index in [9.17, 15) is 14.9 Å². The molecule has 0 aromatic heterocycles. The van der Waals surface area contributed by atoms with Crippen molar-refractivity contribution < 1.29 is 12.6 Å². The van der Waals surface area contributed by atoms with E-state index >= 15 is 0 Å². The third-order valence-corrected chi connectivity index (χ3v) is 3.61. The number of hydrogen-bond acceptors (Lipinski definition) is 3. The van der Waals surface area contributed by atoms with Crippen LogP contribution in [0, 0.1) is 10.1 Å². The third kappa shape index (κ3) is 20.3. The zero-order valence-corrected chi connectivity index (χ0v) is 16.0. The second-order valence-electron chi connectivity index (χ2n) is 5.67. The molecule has 0 aliphatic heterocycles. The Morgan fingerprint density at radius 2 is 1.24 bits per heavy atom. The maximum Gasteiger partial charge on any atom is 2.00 e. The summed E-state index contributed by atoms with van der Waals surface area (Å²) in [4.78, 5) is 20.7. The summed E-state index contributed by atoms with van der Waals surface area (Å²) in [5.41, 5.74) is 0. The molecule has 5 heteroatoms. The summed E-state index contributed by atoms with van der Waals surface area (Å²) in [5.74, 6) is -0.234. The maximum atomic E-state index is 11.1. The van der Waals surface area contributed by atoms with E-state index in [2.05, 4.69) is 6.92 Å². The number of carbonyl (C=O) groups excluding carboxylic acids is 1. The van der Waals surface area contributed by atoms with E-state index < -0.39 is 11.5 Å². The van der Waals surface area contributed by atoms with Gasteiger partial charge in [-0.15, -0.1) is 0 Å². The van der Waals surface area contributed by atoms with E-state index in [0.29, 0.717) is 6.42 Å². The smallest absolute Gasteiger partial charge is 1.00 e. The van der Waals surface area contributed by atoms with Crippen molar-refractivity contribution in [1.29, 1.82) is 0 Å². The molecule has 0 amide bonds. The van der Waals surface area contributed by atoms with E-state index in [1.807, 2.05) is 0 Å². The number of Topliss-reactive ketones (excluding diaryl/α,β-unsaturated/α-hetero) is 1. The minimum absolute atomic E-state index is 0. The van der Waals surface area contributed by atoms with Crippen LogP contribution < -0.4 is 0 Å². The normalized spacial score (nSPS) is 10.1. The number of carbonyl (C=O) groups is 1. The molecule has 0 saturated carbocycles. The molecular weight excluding hydrogens is 294 g/mol. The van der Waals surface area contributed by atoms with Crippen molar-refractivity contribution in [2.24, 2.45) is 0 Å². The Morgan fingerprint density at radius 1 is 0.857 bits per heavy atom. The molecule has 0 heterocycles. The van der Waals surface area contributed by atoms with Gasteiger partial charge in [0.25, 0.3) is 6.54 Å². The molecule has 122 valence electrons. The number of nitrogens with zero attached hydrogens (tertiary/aromatic N) is 1. The minimum Gasteiger partial charge on any atom is -1.00 e. The van der Waals surface area contributed by atoms with Gasteiger partial charge in [0.1, 0.15) is 0 Å². The van der Waals surface area contributed by atoms with Crippen LogP contribution in [-0.4, -0.2) is 55.0 Å². The molecule has 21 heavy (non-hydrogen) atoms. The Kier molecular flexibility index (Phi) is 20.6. The van der Waals surface area contributed by atoms with Crippen LogP contribution in [0.3, 0.4) is 0 Å². The summed E-state index contributed by atoms with van der Waals surface area (Å²) in [5, 5.41) is 10.1. The summed E-state index contributed by atoms with van der Waals surface area (Å²) >= 11 is 0. The fraction of sp³-hybridized carbons (Fsp3) is 0.938. The van der Waals surface area contributed by atoms with Crippen molar-refractivity contribution in [3.8, 4) is 0 Å². The molecule has 0 rings (SSSR count). The van der Waals surface area contributed by atoms with Crippen LogP contribution in [0.1, 0.15) is 93.2 Å². The molecular formula is C16H33CaNO3. The van der Waals surface area contributed by atoms with Gasteiger partial charge in [-0.1, -0.05) is 77.6 Å². The quantitative estimate of drug-likeness (QED) is 0.188. The van der Waals surface area contributed by atoms with Crippen molar-refractivity contribution in [1.82, 2.24) is 0 Å². The second-order valence-corrected chi connectivity index (χ2v) is 5.67. The molecule has 0 fully saturated rings. The van der Waals surface area contributed by atoms with E-state index in [1.165, 1.54) is 57.8 Å². The van der Waals surface area contributed by atoms with Gasteiger partial charge >= 0.3 is 37.7 Å². The van der Waals surface area contributed by atoms with Gasteiger partial charge in [0.05, 0.1) is 0 Å². The molecule has 0 radical (unpaired) electrons. The molecule has 0 bridgehead atoms. The first kappa shape index (κ1) is 23.6. The SMILES string of the molecule is CCCCCCCCCCCCCCC(=O)C[N+](=O)[O-].[Ca+2].[H-].[H-]. The van der Waals surface area contributed by atoms with Crippen LogP contribution in [0.2, 0.25) is 0 Å². The topological polar surface area (TPSA) is 60.2 Å². The first-order chi connectivity index (χ1) is 9.66. The van der Waals surface area contributed by atoms with Crippen LogP contribution in [0.25, 0.3) is 0 Å². The first-order valence-corrected chi connectivity index (χ1v) is 8.30. The Balaban J connectivity index is -0.000000602. The van der Waals surface area contributed by atoms with Crippen molar-refractivity contribution in [2.45, 2.75) is 90.4 Å². The monoisotopic (exact) mass is 327 g/mol. The predicted molar refractivity (Wildman–Crippen MR) is 90.5 cm³/mol. The Bertz CT molecular complexity index is 270. The van der Waals surface area contributed by atoms with Gasteiger partial charge in [0.15, 0.2) is 0 Å². The van der Waals surface area contributed by atoms with Crippen LogP contribution in [0.15, 0.2) is 0 Å². The van der Waals surface area contributed by atoms with Gasteiger partial charge < -0.3 is 2.85 Å². The summed E-state index contributed by atoms with van der Waals surface area (Å²) in [6.07, 6.45) is 15.4. The predicted octanol–water partition coefficient (Wildman–Crippen LogP) is 4.77. The molecule has 0 N–H and O–H groups in total. The van der Waals surface area contributed by atoms with Crippen LogP contribution >= 0.6 is 0 Å². The zero-order chi connectivity index (χ0) is 15.1. The Labute approximate surface area is 162 Å². The van der Waals surface area contributed by atoms with Gasteiger partial charge in [-0.2, -0.15) is 0 Å². The number of nitro groups is 1. The van der Waals surface area contributed by atoms with Crippen molar-refractivity contribution in [3.63, 3.8) is 0 Å². The van der Waals surface area contributed by atoms with Crippen LogP contribution in [0.5, 0.6) is 0 Å². The Hall–Kier alpha value is 0.330. The molecule has 0 atom stereocenters. The number of hydrogen-bond donors (Lipinski definition) is 0. The molecule has 4 nitrogen and oxygen atoms in total. The average molecular weight is 328 g/mol. The summed E-state index contributed by atoms with van der Waals surface area (Å²) in [7, 11) is 0. The third-order valence-electron chi connectivity index (χ3n) is 3.61. The average Bonchev–Trinajstić information content (AvgIpc) is 2.39. The number of ketones is 1. The van der Waals surface area contributed by atoms with Crippen molar-refractivity contribution in [3.05, 3.63) is 10.1 Å². The molecule has 0 aliphatic rings. The Morgan fingerprint density at radius 3 is 1.62 bits per heavy atom. The van der Waals surface area contributed by atoms with Crippen LogP contribution in [-0.2, 0) is 4.79 Å². The molecule has 0 aromatic rings. The van der Waals surface area contributed by atoms with Gasteiger partial charge in [-0.3, -0.25) is 14.9 Å². The fourth-order valence-corrected chi connectivity index (χ4v) is 2.39. The standard InChI is InChI=1S/C16H31NO3.Ca.2H/c1-2-3-4-5-6-7-8-9-10-11-12-13-14-16(18)15-17(19)20;;;/h2-15H2,1H3;;;/q;+2;2*-1. The largest absolute Gasteiger partial charge is 2.00 e. The van der Waals surface area contributed by atoms with Gasteiger partial charge in [0, 0.05) is 11.3 Å². The zero-order valence-electron chi connectivity index (χ0n) is 15.8. The second kappa shape index (κ2) is 18.4. The molecule has 0 aromatic carbocycles. The number of rotatable bonds is 15. The van der Waals surface area contributed by atoms with Gasteiger partial charge in [0.2, 0.25) is 5.78 Å². The molecule has 0 saturated heterocycles. The van der Waals surface area contributed by atoms with Gasteiger partial charge in [-0.05, 0) is 6.42 Å². The maximum absolute atomic E-state index is 11.1. The molecule has 0 aliphatic carbocycles. The number of unbranched alkanes of at least 4 members (excludes halogenated alkanes) is 11. The van der Waals surface area contributed by atoms with Crippen LogP contribution in [0.4, 0.5) is 0 Å². The van der Waals surface area contributed by atoms with E-state index in [0.717, 1.165) is 19.3 Å². The molecule has 0 spiro atoms. The van der Waals surface area contributed by atoms with E-state index in [-0.39, 0.29) is 46.4 Å². The van der Waals surface area contributed by atoms with Crippen molar-refractivity contribution >= 4 is 43.5 Å². The van der Waals surface area contributed by atoms with E-state index in [1.54, 1.807) is 0 Å². The summed E-state index contributed by atoms with van der Waals surface area (Å²) in [6.45, 7) is 1.74. The minimum atomic E-state index is -0.539. The summed E-state index contributed by atoms with van der Waals surface area (Å²) in [6, 6.07) is 0.